The highest BCUT2D eigenvalue weighted by Gasteiger charge is 2.19. The Morgan fingerprint density at radius 2 is 1.90 bits per heavy atom. The molecule has 1 fully saturated rings. The van der Waals surface area contributed by atoms with Crippen LogP contribution in [0.2, 0.25) is 0 Å². The highest BCUT2D eigenvalue weighted by atomic mass is 19.1. The number of nitrogens with zero attached hydrogens (tertiary/aromatic N) is 2. The standard InChI is InChI=1S/C22H21FN6O2/c23-17-12-25-21(27-15-3-1-13(2-4-15)9-10-24-14-5-6-14)29-20(17)26-16-7-8-19-18(11-16)28-22(30)31-19/h1-4,7-8,11-12,14,24H,5-6,9-10H2,(H,28,30)(H2,25,26,27,29). The third kappa shape index (κ3) is 4.72. The number of halogens is 1. The smallest absolute Gasteiger partial charge is 0.408 e. The molecule has 0 spiro atoms. The van der Waals surface area contributed by atoms with Crippen molar-refractivity contribution >= 4 is 34.2 Å². The van der Waals surface area contributed by atoms with Gasteiger partial charge in [0.2, 0.25) is 5.95 Å². The molecule has 2 aromatic heterocycles. The fourth-order valence-electron chi connectivity index (χ4n) is 3.27. The normalized spacial score (nSPS) is 13.5. The molecule has 9 heteroatoms. The first-order valence-electron chi connectivity index (χ1n) is 10.1. The molecule has 0 saturated heterocycles. The molecule has 0 radical (unpaired) electrons. The lowest BCUT2D eigenvalue weighted by molar-refractivity contribution is 0.555. The summed E-state index contributed by atoms with van der Waals surface area (Å²) < 4.78 is 19.2. The molecule has 0 atom stereocenters. The molecule has 2 heterocycles. The number of benzene rings is 2. The van der Waals surface area contributed by atoms with Gasteiger partial charge in [-0.15, -0.1) is 0 Å². The number of aromatic nitrogens is 3. The Bertz CT molecular complexity index is 1260. The second-order valence-electron chi connectivity index (χ2n) is 7.54. The Labute approximate surface area is 176 Å². The number of nitrogens with one attached hydrogen (secondary N) is 4. The summed E-state index contributed by atoms with van der Waals surface area (Å²) in [6.45, 7) is 0.978. The van der Waals surface area contributed by atoms with Gasteiger partial charge in [0.25, 0.3) is 0 Å². The predicted octanol–water partition coefficient (Wildman–Crippen LogP) is 3.83. The number of H-pyrrole nitrogens is 1. The van der Waals surface area contributed by atoms with Gasteiger partial charge >= 0.3 is 5.76 Å². The lowest BCUT2D eigenvalue weighted by Crippen LogP contribution is -2.19. The Kier molecular flexibility index (Phi) is 5.09. The van der Waals surface area contributed by atoms with Crippen LogP contribution in [0, 0.1) is 5.82 Å². The van der Waals surface area contributed by atoms with Crippen molar-refractivity contribution in [1.82, 2.24) is 20.3 Å². The molecular weight excluding hydrogens is 399 g/mol. The summed E-state index contributed by atoms with van der Waals surface area (Å²) in [6.07, 6.45) is 4.65. The van der Waals surface area contributed by atoms with Gasteiger partial charge in [-0.25, -0.2) is 14.2 Å². The second kappa shape index (κ2) is 8.19. The Balaban J connectivity index is 1.26. The molecule has 2 aromatic carbocycles. The van der Waals surface area contributed by atoms with Gasteiger partial charge in [-0.05, 0) is 61.7 Å². The lowest BCUT2D eigenvalue weighted by atomic mass is 10.1. The van der Waals surface area contributed by atoms with Crippen LogP contribution >= 0.6 is 0 Å². The molecule has 1 aliphatic rings. The number of oxazole rings is 1. The van der Waals surface area contributed by atoms with Crippen LogP contribution in [0.3, 0.4) is 0 Å². The lowest BCUT2D eigenvalue weighted by Gasteiger charge is -2.10. The van der Waals surface area contributed by atoms with Crippen molar-refractivity contribution < 1.29 is 8.81 Å². The summed E-state index contributed by atoms with van der Waals surface area (Å²) >= 11 is 0. The molecule has 158 valence electrons. The number of hydrogen-bond donors (Lipinski definition) is 4. The van der Waals surface area contributed by atoms with Crippen LogP contribution < -0.4 is 21.7 Å². The molecule has 1 saturated carbocycles. The van der Waals surface area contributed by atoms with E-state index >= 15 is 0 Å². The molecule has 0 unspecified atom stereocenters. The van der Waals surface area contributed by atoms with Gasteiger partial charge in [0, 0.05) is 17.4 Å². The van der Waals surface area contributed by atoms with Crippen LogP contribution in [0.5, 0.6) is 0 Å². The van der Waals surface area contributed by atoms with Crippen LogP contribution in [0.1, 0.15) is 18.4 Å². The molecule has 4 aromatic rings. The number of hydrogen-bond acceptors (Lipinski definition) is 7. The largest absolute Gasteiger partial charge is 0.417 e. The van der Waals surface area contributed by atoms with E-state index in [-0.39, 0.29) is 11.8 Å². The van der Waals surface area contributed by atoms with Crippen molar-refractivity contribution in [2.24, 2.45) is 0 Å². The summed E-state index contributed by atoms with van der Waals surface area (Å²) in [5.41, 5.74) is 3.54. The van der Waals surface area contributed by atoms with Crippen LogP contribution in [0.15, 0.2) is 57.9 Å². The van der Waals surface area contributed by atoms with Crippen LogP contribution in [0.25, 0.3) is 11.1 Å². The van der Waals surface area contributed by atoms with Crippen molar-refractivity contribution in [3.8, 4) is 0 Å². The van der Waals surface area contributed by atoms with Crippen molar-refractivity contribution in [3.63, 3.8) is 0 Å². The van der Waals surface area contributed by atoms with Crippen LogP contribution in [-0.2, 0) is 6.42 Å². The van der Waals surface area contributed by atoms with Crippen LogP contribution in [-0.4, -0.2) is 27.5 Å². The first-order chi connectivity index (χ1) is 15.1. The number of aromatic amines is 1. The molecule has 1 aliphatic carbocycles. The van der Waals surface area contributed by atoms with Gasteiger partial charge in [0.15, 0.2) is 17.2 Å². The van der Waals surface area contributed by atoms with E-state index in [1.807, 2.05) is 12.1 Å². The number of rotatable bonds is 8. The zero-order chi connectivity index (χ0) is 21.2. The monoisotopic (exact) mass is 420 g/mol. The molecule has 0 aliphatic heterocycles. The van der Waals surface area contributed by atoms with Crippen molar-refractivity contribution in [2.75, 3.05) is 17.2 Å². The zero-order valence-corrected chi connectivity index (χ0v) is 16.6. The second-order valence-corrected chi connectivity index (χ2v) is 7.54. The SMILES string of the molecule is O=c1[nH]c2cc(Nc3nc(Nc4ccc(CCNC5CC5)cc4)ncc3F)ccc2o1. The van der Waals surface area contributed by atoms with Gasteiger partial charge in [0.05, 0.1) is 11.7 Å². The Hall–Kier alpha value is -3.72. The third-order valence-corrected chi connectivity index (χ3v) is 5.06. The predicted molar refractivity (Wildman–Crippen MR) is 117 cm³/mol. The maximum absolute atomic E-state index is 14.2. The average Bonchev–Trinajstić information content (AvgIpc) is 3.51. The molecule has 0 bridgehead atoms. The van der Waals surface area contributed by atoms with Crippen molar-refractivity contribution in [3.05, 3.63) is 70.6 Å². The highest BCUT2D eigenvalue weighted by Crippen LogP contribution is 2.23. The summed E-state index contributed by atoms with van der Waals surface area (Å²) in [5, 5.41) is 9.51. The van der Waals surface area contributed by atoms with Gasteiger partial charge in [-0.3, -0.25) is 4.98 Å². The van der Waals surface area contributed by atoms with E-state index in [9.17, 15) is 9.18 Å². The van der Waals surface area contributed by atoms with E-state index in [0.717, 1.165) is 24.8 Å². The Morgan fingerprint density at radius 3 is 2.71 bits per heavy atom. The molecule has 0 amide bonds. The summed E-state index contributed by atoms with van der Waals surface area (Å²) in [7, 11) is 0. The van der Waals surface area contributed by atoms with Crippen LogP contribution in [0.4, 0.5) is 27.5 Å². The van der Waals surface area contributed by atoms with Crippen molar-refractivity contribution in [1.29, 1.82) is 0 Å². The number of anilines is 4. The van der Waals surface area contributed by atoms with Gasteiger partial charge in [-0.1, -0.05) is 12.1 Å². The first-order valence-corrected chi connectivity index (χ1v) is 10.1. The summed E-state index contributed by atoms with van der Waals surface area (Å²) in [4.78, 5) is 22.1. The fraction of sp³-hybridized carbons (Fsp3) is 0.227. The van der Waals surface area contributed by atoms with E-state index in [0.29, 0.717) is 22.8 Å². The highest BCUT2D eigenvalue weighted by molar-refractivity contribution is 5.78. The Morgan fingerprint density at radius 1 is 1.10 bits per heavy atom. The van der Waals surface area contributed by atoms with Gasteiger partial charge in [-0.2, -0.15) is 4.98 Å². The average molecular weight is 420 g/mol. The first kappa shape index (κ1) is 19.3. The minimum atomic E-state index is -0.593. The molecule has 5 rings (SSSR count). The van der Waals surface area contributed by atoms with E-state index in [4.69, 9.17) is 4.42 Å². The molecular formula is C22H21FN6O2. The molecule has 4 N–H and O–H groups in total. The fourth-order valence-corrected chi connectivity index (χ4v) is 3.27. The van der Waals surface area contributed by atoms with E-state index in [2.05, 4.69) is 43.0 Å². The molecule has 8 nitrogen and oxygen atoms in total. The topological polar surface area (TPSA) is 108 Å². The molecule has 31 heavy (non-hydrogen) atoms. The van der Waals surface area contributed by atoms with E-state index in [1.54, 1.807) is 18.2 Å². The quantitative estimate of drug-likeness (QED) is 0.343. The maximum Gasteiger partial charge on any atom is 0.417 e. The van der Waals surface area contributed by atoms with Crippen molar-refractivity contribution in [2.45, 2.75) is 25.3 Å². The zero-order valence-electron chi connectivity index (χ0n) is 16.6. The third-order valence-electron chi connectivity index (χ3n) is 5.06. The van der Waals surface area contributed by atoms with Gasteiger partial charge in [0.1, 0.15) is 0 Å². The van der Waals surface area contributed by atoms with E-state index in [1.165, 1.54) is 18.4 Å². The summed E-state index contributed by atoms with van der Waals surface area (Å²) in [6, 6.07) is 13.7. The maximum atomic E-state index is 14.2. The number of fused-ring (bicyclic) bond motifs is 1. The summed E-state index contributed by atoms with van der Waals surface area (Å²) in [5.74, 6) is -0.850. The van der Waals surface area contributed by atoms with Gasteiger partial charge < -0.3 is 20.4 Å². The van der Waals surface area contributed by atoms with E-state index < -0.39 is 11.6 Å². The minimum absolute atomic E-state index is 0.0189. The minimum Gasteiger partial charge on any atom is -0.408 e.